The van der Waals surface area contributed by atoms with Gasteiger partial charge in [0.2, 0.25) is 0 Å². The number of hydrogen-bond donors (Lipinski definition) is 4. The van der Waals surface area contributed by atoms with E-state index in [1.807, 2.05) is 18.2 Å². The molecule has 1 saturated heterocycles. The first-order valence-electron chi connectivity index (χ1n) is 12.6. The lowest BCUT2D eigenvalue weighted by molar-refractivity contribution is -0.123. The molecule has 0 bridgehead atoms. The van der Waals surface area contributed by atoms with Crippen LogP contribution in [-0.2, 0) is 11.3 Å². The van der Waals surface area contributed by atoms with Crippen molar-refractivity contribution in [2.45, 2.75) is 32.0 Å². The highest BCUT2D eigenvalue weighted by molar-refractivity contribution is 5.95. The Morgan fingerprint density at radius 2 is 1.97 bits per heavy atom. The molecule has 1 fully saturated rings. The van der Waals surface area contributed by atoms with Crippen LogP contribution < -0.4 is 15.5 Å². The van der Waals surface area contributed by atoms with E-state index < -0.39 is 23.6 Å². The lowest BCUT2D eigenvalue weighted by Crippen LogP contribution is -2.39. The maximum atomic E-state index is 13.5. The third kappa shape index (κ3) is 7.86. The Morgan fingerprint density at radius 3 is 2.72 bits per heavy atom. The van der Waals surface area contributed by atoms with Gasteiger partial charge < -0.3 is 20.3 Å². The van der Waals surface area contributed by atoms with Gasteiger partial charge in [-0.05, 0) is 60.9 Å². The number of aromatic hydroxyl groups is 1. The third-order valence-electron chi connectivity index (χ3n) is 6.34. The molecule has 0 saturated carbocycles. The molecule has 0 aliphatic carbocycles. The molecule has 1 aliphatic rings. The van der Waals surface area contributed by atoms with Gasteiger partial charge in [-0.3, -0.25) is 14.5 Å². The quantitative estimate of drug-likeness (QED) is 0.234. The molecule has 204 valence electrons. The highest BCUT2D eigenvalue weighted by Crippen LogP contribution is 2.23. The summed E-state index contributed by atoms with van der Waals surface area (Å²) in [7, 11) is 0. The van der Waals surface area contributed by atoms with E-state index >= 15 is 0 Å². The third-order valence-corrected chi connectivity index (χ3v) is 6.34. The Kier molecular flexibility index (Phi) is 9.24. The van der Waals surface area contributed by atoms with E-state index in [2.05, 4.69) is 32.9 Å². The smallest absolute Gasteiger partial charge is 0.271 e. The van der Waals surface area contributed by atoms with Crippen LogP contribution >= 0.6 is 0 Å². The number of phenols is 1. The van der Waals surface area contributed by atoms with Crippen LogP contribution in [0.4, 0.5) is 4.39 Å². The number of halogens is 1. The van der Waals surface area contributed by atoms with Gasteiger partial charge in [0.05, 0.1) is 12.3 Å². The van der Waals surface area contributed by atoms with Crippen molar-refractivity contribution in [3.63, 3.8) is 0 Å². The molecule has 4 N–H and O–H groups in total. The van der Waals surface area contributed by atoms with E-state index in [1.54, 1.807) is 25.1 Å². The van der Waals surface area contributed by atoms with Crippen molar-refractivity contribution in [3.8, 4) is 11.5 Å². The second-order valence-electron chi connectivity index (χ2n) is 9.39. The average Bonchev–Trinajstić information content (AvgIpc) is 3.36. The maximum Gasteiger partial charge on any atom is 0.271 e. The van der Waals surface area contributed by atoms with Gasteiger partial charge in [-0.15, -0.1) is 0 Å². The van der Waals surface area contributed by atoms with Gasteiger partial charge in [-0.2, -0.15) is 5.10 Å². The number of ether oxygens (including phenoxy) is 1. The molecule has 10 heteroatoms. The number of hydrazone groups is 1. The molecular formula is C29H31FN4O5. The lowest BCUT2D eigenvalue weighted by Gasteiger charge is -2.17. The summed E-state index contributed by atoms with van der Waals surface area (Å²) in [5.41, 5.74) is 4.51. The second-order valence-corrected chi connectivity index (χ2v) is 9.39. The number of carbonyl (C=O) groups excluding carboxylic acids is 2. The van der Waals surface area contributed by atoms with Crippen LogP contribution in [0.1, 0.15) is 46.5 Å². The van der Waals surface area contributed by atoms with Crippen molar-refractivity contribution < 1.29 is 28.9 Å². The van der Waals surface area contributed by atoms with Gasteiger partial charge >= 0.3 is 0 Å². The summed E-state index contributed by atoms with van der Waals surface area (Å²) in [6.45, 7) is 3.94. The van der Waals surface area contributed by atoms with Crippen molar-refractivity contribution >= 4 is 18.0 Å². The zero-order chi connectivity index (χ0) is 27.8. The number of phenolic OH excluding ortho intramolecular Hbond substituents is 1. The van der Waals surface area contributed by atoms with Gasteiger partial charge in [0.1, 0.15) is 5.75 Å². The Balaban J connectivity index is 1.27. The minimum Gasteiger partial charge on any atom is -0.505 e. The average molecular weight is 535 g/mol. The predicted octanol–water partition coefficient (Wildman–Crippen LogP) is 3.12. The second kappa shape index (κ2) is 13.0. The van der Waals surface area contributed by atoms with Crippen LogP contribution in [0.2, 0.25) is 0 Å². The van der Waals surface area contributed by atoms with Crippen molar-refractivity contribution in [2.75, 3.05) is 19.7 Å². The van der Waals surface area contributed by atoms with Gasteiger partial charge in [0, 0.05) is 36.8 Å². The van der Waals surface area contributed by atoms with Crippen molar-refractivity contribution in [1.29, 1.82) is 0 Å². The van der Waals surface area contributed by atoms with E-state index in [0.717, 1.165) is 38.2 Å². The predicted molar refractivity (Wildman–Crippen MR) is 144 cm³/mol. The normalized spacial score (nSPS) is 16.2. The Morgan fingerprint density at radius 1 is 1.18 bits per heavy atom. The largest absolute Gasteiger partial charge is 0.505 e. The summed E-state index contributed by atoms with van der Waals surface area (Å²) in [6, 6.07) is 18.4. The molecular weight excluding hydrogens is 503 g/mol. The number of rotatable bonds is 10. The first-order valence-corrected chi connectivity index (χ1v) is 12.6. The molecule has 1 heterocycles. The number of likely N-dealkylation sites (tertiary alicyclic amines) is 1. The molecule has 0 radical (unpaired) electrons. The van der Waals surface area contributed by atoms with Gasteiger partial charge in [0.15, 0.2) is 18.2 Å². The van der Waals surface area contributed by atoms with Gasteiger partial charge in [0.25, 0.3) is 11.8 Å². The van der Waals surface area contributed by atoms with Crippen LogP contribution in [0.15, 0.2) is 71.8 Å². The number of carbonyl (C=O) groups is 2. The van der Waals surface area contributed by atoms with E-state index in [4.69, 9.17) is 4.74 Å². The number of aliphatic hydroxyl groups is 1. The maximum absolute atomic E-state index is 13.5. The fourth-order valence-corrected chi connectivity index (χ4v) is 4.35. The first-order chi connectivity index (χ1) is 18.8. The fourth-order valence-electron chi connectivity index (χ4n) is 4.35. The zero-order valence-electron chi connectivity index (χ0n) is 21.5. The van der Waals surface area contributed by atoms with Gasteiger partial charge in [-0.25, -0.2) is 9.82 Å². The summed E-state index contributed by atoms with van der Waals surface area (Å²) in [5, 5.41) is 26.4. The Hall–Kier alpha value is -4.28. The van der Waals surface area contributed by atoms with E-state index in [-0.39, 0.29) is 24.1 Å². The summed E-state index contributed by atoms with van der Waals surface area (Å²) < 4.78 is 19.1. The molecule has 1 aliphatic heterocycles. The highest BCUT2D eigenvalue weighted by atomic mass is 19.1. The van der Waals surface area contributed by atoms with Crippen LogP contribution in [-0.4, -0.2) is 58.9 Å². The number of aliphatic hydroxyl groups excluding tert-OH is 1. The summed E-state index contributed by atoms with van der Waals surface area (Å²) in [5.74, 6) is -1.96. The van der Waals surface area contributed by atoms with Crippen LogP contribution in [0, 0.1) is 5.82 Å². The number of hydrogen-bond acceptors (Lipinski definition) is 7. The summed E-state index contributed by atoms with van der Waals surface area (Å²) in [4.78, 5) is 27.0. The number of amides is 2. The van der Waals surface area contributed by atoms with E-state index in [1.165, 1.54) is 17.8 Å². The zero-order valence-corrected chi connectivity index (χ0v) is 21.5. The molecule has 9 nitrogen and oxygen atoms in total. The molecule has 0 spiro atoms. The molecule has 4 rings (SSSR count). The van der Waals surface area contributed by atoms with Crippen LogP contribution in [0.25, 0.3) is 0 Å². The first kappa shape index (κ1) is 27.7. The van der Waals surface area contributed by atoms with E-state index in [0.29, 0.717) is 16.9 Å². The minimum absolute atomic E-state index is 0.0123. The fraction of sp³-hybridized carbons (Fsp3) is 0.276. The molecule has 39 heavy (non-hydrogen) atoms. The van der Waals surface area contributed by atoms with E-state index in [9.17, 15) is 24.2 Å². The van der Waals surface area contributed by atoms with Crippen molar-refractivity contribution in [1.82, 2.24) is 15.6 Å². The van der Waals surface area contributed by atoms with Crippen LogP contribution in [0.5, 0.6) is 11.5 Å². The van der Waals surface area contributed by atoms with Crippen molar-refractivity contribution in [3.05, 3.63) is 94.8 Å². The van der Waals surface area contributed by atoms with Crippen molar-refractivity contribution in [2.24, 2.45) is 5.10 Å². The minimum atomic E-state index is -0.916. The topological polar surface area (TPSA) is 123 Å². The Bertz CT molecular complexity index is 1330. The summed E-state index contributed by atoms with van der Waals surface area (Å²) >= 11 is 0. The monoisotopic (exact) mass is 534 g/mol. The lowest BCUT2D eigenvalue weighted by atomic mass is 10.0. The SMILES string of the molecule is CC(O)c1cc(OCC(=O)NC2CCN(Cc3ccccc3)C2)ccc1/C=N/NC(=O)c1ccc(O)c(F)c1. The molecule has 3 aromatic rings. The Labute approximate surface area is 225 Å². The standard InChI is InChI=1S/C29H31FN4O5/c1-19(35)25-14-24(9-7-22(25)15-31-33-29(38)21-8-10-27(36)26(30)13-21)39-18-28(37)32-23-11-12-34(17-23)16-20-5-3-2-4-6-20/h2-10,13-15,19,23,35-36H,11-12,16-18H2,1H3,(H,32,37)(H,33,38)/b31-15+. The summed E-state index contributed by atoms with van der Waals surface area (Å²) in [6.07, 6.45) is 1.34. The number of nitrogens with zero attached hydrogens (tertiary/aromatic N) is 2. The highest BCUT2D eigenvalue weighted by Gasteiger charge is 2.24. The number of benzene rings is 3. The molecule has 2 amide bonds. The molecule has 2 atom stereocenters. The van der Waals surface area contributed by atoms with Crippen LogP contribution in [0.3, 0.4) is 0 Å². The molecule has 2 unspecified atom stereocenters. The molecule has 3 aromatic carbocycles. The number of nitrogens with one attached hydrogen (secondary N) is 2. The van der Waals surface area contributed by atoms with Gasteiger partial charge in [-0.1, -0.05) is 30.3 Å². The molecule has 0 aromatic heterocycles.